The molecule has 0 spiro atoms. The third kappa shape index (κ3) is 6.58. The molecule has 4 heterocycles. The van der Waals surface area contributed by atoms with Crippen LogP contribution in [0, 0.1) is 0 Å². The molecule has 2 N–H and O–H groups in total. The first kappa shape index (κ1) is 28.0. The largest absolute Gasteiger partial charge is 0.359 e. The average Bonchev–Trinajstić information content (AvgIpc) is 3.36. The quantitative estimate of drug-likeness (QED) is 0.355. The SMILES string of the molecule is C=O.C=O.CCCCN(C)c1ncccc1Cn1ccc2cnc(Nc3ccc4c(c3)CCC(=O)N4)nc21. The first-order valence-corrected chi connectivity index (χ1v) is 12.3. The highest BCUT2D eigenvalue weighted by atomic mass is 16.1. The molecule has 1 aliphatic rings. The lowest BCUT2D eigenvalue weighted by molar-refractivity contribution is -0.116. The second-order valence-electron chi connectivity index (χ2n) is 8.72. The second-order valence-corrected chi connectivity index (χ2v) is 8.72. The molecule has 0 atom stereocenters. The van der Waals surface area contributed by atoms with Gasteiger partial charge >= 0.3 is 0 Å². The summed E-state index contributed by atoms with van der Waals surface area (Å²) in [6, 6.07) is 12.1. The molecule has 3 aromatic heterocycles. The predicted molar refractivity (Wildman–Crippen MR) is 150 cm³/mol. The summed E-state index contributed by atoms with van der Waals surface area (Å²) < 4.78 is 2.14. The summed E-state index contributed by atoms with van der Waals surface area (Å²) in [6.07, 6.45) is 9.28. The van der Waals surface area contributed by atoms with Gasteiger partial charge in [0.1, 0.15) is 25.0 Å². The van der Waals surface area contributed by atoms with E-state index < -0.39 is 0 Å². The highest BCUT2D eigenvalue weighted by Crippen LogP contribution is 2.27. The molecule has 1 amide bonds. The number of aromatic nitrogens is 4. The summed E-state index contributed by atoms with van der Waals surface area (Å²) in [5.74, 6) is 1.61. The van der Waals surface area contributed by atoms with Crippen LogP contribution in [-0.2, 0) is 27.3 Å². The fraction of sp³-hybridized carbons (Fsp3) is 0.286. The zero-order valence-corrected chi connectivity index (χ0v) is 21.8. The van der Waals surface area contributed by atoms with E-state index in [1.807, 2.05) is 56.4 Å². The molecule has 10 heteroatoms. The minimum Gasteiger partial charge on any atom is -0.359 e. The van der Waals surface area contributed by atoms with Crippen molar-refractivity contribution < 1.29 is 14.4 Å². The number of hydrogen-bond donors (Lipinski definition) is 2. The van der Waals surface area contributed by atoms with Crippen LogP contribution in [0.3, 0.4) is 0 Å². The molecule has 0 bridgehead atoms. The van der Waals surface area contributed by atoms with E-state index in [4.69, 9.17) is 14.6 Å². The Bertz CT molecular complexity index is 1370. The maximum absolute atomic E-state index is 11.6. The van der Waals surface area contributed by atoms with Gasteiger partial charge in [-0.15, -0.1) is 0 Å². The first-order valence-electron chi connectivity index (χ1n) is 12.3. The molecule has 0 fully saturated rings. The van der Waals surface area contributed by atoms with Crippen LogP contribution in [0.5, 0.6) is 0 Å². The number of hydrogen-bond acceptors (Lipinski definition) is 8. The van der Waals surface area contributed by atoms with Gasteiger partial charge in [-0.1, -0.05) is 19.4 Å². The van der Waals surface area contributed by atoms with Crippen molar-refractivity contribution in [3.8, 4) is 0 Å². The van der Waals surface area contributed by atoms with Gasteiger partial charge in [-0.25, -0.2) is 9.97 Å². The molecule has 0 radical (unpaired) electrons. The average molecular weight is 516 g/mol. The van der Waals surface area contributed by atoms with Gasteiger partial charge in [-0.05, 0) is 48.7 Å². The number of carbonyl (C=O) groups is 3. The molecule has 198 valence electrons. The summed E-state index contributed by atoms with van der Waals surface area (Å²) in [6.45, 7) is 7.86. The van der Waals surface area contributed by atoms with Crippen LogP contribution in [0.2, 0.25) is 0 Å². The Morgan fingerprint density at radius 2 is 1.92 bits per heavy atom. The number of fused-ring (bicyclic) bond motifs is 2. The smallest absolute Gasteiger partial charge is 0.229 e. The van der Waals surface area contributed by atoms with Crippen LogP contribution in [0.25, 0.3) is 11.0 Å². The van der Waals surface area contributed by atoms with E-state index in [1.54, 1.807) is 0 Å². The Morgan fingerprint density at radius 1 is 1.11 bits per heavy atom. The third-order valence-electron chi connectivity index (χ3n) is 6.18. The molecular weight excluding hydrogens is 482 g/mol. The summed E-state index contributed by atoms with van der Waals surface area (Å²) in [4.78, 5) is 43.8. The number of amides is 1. The van der Waals surface area contributed by atoms with Crippen molar-refractivity contribution in [3.05, 3.63) is 66.1 Å². The van der Waals surface area contributed by atoms with E-state index in [1.165, 1.54) is 0 Å². The normalized spacial score (nSPS) is 11.8. The maximum atomic E-state index is 11.6. The fourth-order valence-electron chi connectivity index (χ4n) is 4.33. The van der Waals surface area contributed by atoms with Gasteiger partial charge in [0.05, 0.1) is 6.54 Å². The molecule has 0 aliphatic carbocycles. The maximum Gasteiger partial charge on any atom is 0.229 e. The molecule has 10 nitrogen and oxygen atoms in total. The van der Waals surface area contributed by atoms with Crippen molar-refractivity contribution in [2.75, 3.05) is 29.1 Å². The summed E-state index contributed by atoms with van der Waals surface area (Å²) in [5, 5.41) is 7.23. The standard InChI is InChI=1S/C26H29N7O.2CH2O/c1-3-4-13-32(2)24-20(6-5-12-27-24)17-33-14-11-19-16-28-26(31-25(19)33)29-21-8-9-22-18(15-21)7-10-23(34)30-22;2*1-2/h5-6,8-9,11-12,14-16H,3-4,7,10,13,17H2,1-2H3,(H,30,34)(H,28,29,31);2*1H2. The zero-order valence-electron chi connectivity index (χ0n) is 21.8. The van der Waals surface area contributed by atoms with Crippen molar-refractivity contribution in [3.63, 3.8) is 0 Å². The number of carbonyl (C=O) groups excluding carboxylic acids is 3. The Hall–Kier alpha value is -4.60. The van der Waals surface area contributed by atoms with E-state index >= 15 is 0 Å². The van der Waals surface area contributed by atoms with Crippen LogP contribution in [-0.4, -0.2) is 52.6 Å². The van der Waals surface area contributed by atoms with Gasteiger partial charge in [0.2, 0.25) is 11.9 Å². The van der Waals surface area contributed by atoms with E-state index in [0.29, 0.717) is 18.9 Å². The summed E-state index contributed by atoms with van der Waals surface area (Å²) >= 11 is 0. The second kappa shape index (κ2) is 13.6. The molecule has 1 aromatic carbocycles. The molecule has 0 saturated heterocycles. The van der Waals surface area contributed by atoms with Gasteiger partial charge in [0, 0.05) is 60.9 Å². The Balaban J connectivity index is 0.000000956. The topological polar surface area (TPSA) is 122 Å². The number of nitrogens with one attached hydrogen (secondary N) is 2. The van der Waals surface area contributed by atoms with Crippen LogP contribution in [0.15, 0.2) is 55.0 Å². The monoisotopic (exact) mass is 515 g/mol. The van der Waals surface area contributed by atoms with Crippen LogP contribution in [0.4, 0.5) is 23.1 Å². The van der Waals surface area contributed by atoms with E-state index in [0.717, 1.165) is 65.2 Å². The van der Waals surface area contributed by atoms with Crippen molar-refractivity contribution in [2.45, 2.75) is 39.2 Å². The number of anilines is 4. The van der Waals surface area contributed by atoms with E-state index in [2.05, 4.69) is 56.2 Å². The lowest BCUT2D eigenvalue weighted by Crippen LogP contribution is -2.21. The van der Waals surface area contributed by atoms with E-state index in [-0.39, 0.29) is 5.91 Å². The number of nitrogens with zero attached hydrogens (tertiary/aromatic N) is 5. The van der Waals surface area contributed by atoms with Gasteiger partial charge < -0.3 is 29.7 Å². The molecular formula is C28H33N7O3. The van der Waals surface area contributed by atoms with Gasteiger partial charge in [0.15, 0.2) is 0 Å². The third-order valence-corrected chi connectivity index (χ3v) is 6.18. The predicted octanol–water partition coefficient (Wildman–Crippen LogP) is 4.37. The van der Waals surface area contributed by atoms with E-state index in [9.17, 15) is 4.79 Å². The lowest BCUT2D eigenvalue weighted by atomic mass is 10.0. The highest BCUT2D eigenvalue weighted by Gasteiger charge is 2.16. The molecule has 1 aliphatic heterocycles. The Labute approximate surface area is 222 Å². The molecule has 0 unspecified atom stereocenters. The van der Waals surface area contributed by atoms with Crippen LogP contribution < -0.4 is 15.5 Å². The highest BCUT2D eigenvalue weighted by molar-refractivity contribution is 5.94. The zero-order chi connectivity index (χ0) is 27.5. The summed E-state index contributed by atoms with van der Waals surface area (Å²) in [5.41, 5.74) is 4.92. The molecule has 5 rings (SSSR count). The minimum absolute atomic E-state index is 0.0658. The molecule has 38 heavy (non-hydrogen) atoms. The van der Waals surface area contributed by atoms with Crippen molar-refractivity contribution in [1.82, 2.24) is 19.5 Å². The van der Waals surface area contributed by atoms with Crippen molar-refractivity contribution in [1.29, 1.82) is 0 Å². The summed E-state index contributed by atoms with van der Waals surface area (Å²) in [7, 11) is 2.10. The van der Waals surface area contributed by atoms with Crippen molar-refractivity contribution >= 4 is 53.7 Å². The number of rotatable bonds is 8. The number of benzene rings is 1. The first-order chi connectivity index (χ1) is 18.6. The molecule has 4 aromatic rings. The minimum atomic E-state index is 0.0658. The number of pyridine rings is 1. The van der Waals surface area contributed by atoms with Gasteiger partial charge in [0.25, 0.3) is 0 Å². The Kier molecular flexibility index (Phi) is 10.0. The number of aryl methyl sites for hydroxylation is 1. The van der Waals surface area contributed by atoms with Crippen molar-refractivity contribution in [2.24, 2.45) is 0 Å². The van der Waals surface area contributed by atoms with Crippen LogP contribution in [0.1, 0.15) is 37.3 Å². The Morgan fingerprint density at radius 3 is 2.71 bits per heavy atom. The van der Waals surface area contributed by atoms with Crippen LogP contribution >= 0.6 is 0 Å². The fourth-order valence-corrected chi connectivity index (χ4v) is 4.33. The molecule has 0 saturated carbocycles. The lowest BCUT2D eigenvalue weighted by Gasteiger charge is -2.21. The van der Waals surface area contributed by atoms with Gasteiger partial charge in [-0.2, -0.15) is 4.98 Å². The van der Waals surface area contributed by atoms with Gasteiger partial charge in [-0.3, -0.25) is 4.79 Å². The number of unbranched alkanes of at least 4 members (excludes halogenated alkanes) is 1.